The molecule has 0 atom stereocenters. The first kappa shape index (κ1) is 31.2. The second-order valence-corrected chi connectivity index (χ2v) is 5.65. The van der Waals surface area contributed by atoms with E-state index in [1.807, 2.05) is 4.93 Å². The molecule has 0 amide bonds. The van der Waals surface area contributed by atoms with E-state index in [0.29, 0.717) is 0 Å². The Morgan fingerprint density at radius 3 is 0.952 bits per heavy atom. The molecule has 1 nitrogen and oxygen atoms in total. The van der Waals surface area contributed by atoms with Crippen LogP contribution in [0.1, 0.15) is 80.5 Å². The summed E-state index contributed by atoms with van der Waals surface area (Å²) in [5.74, 6) is 0. The van der Waals surface area contributed by atoms with Crippen LogP contribution in [0.2, 0.25) is 0 Å². The first-order valence-electron chi connectivity index (χ1n) is 8.47. The molecule has 4 heteroatoms. The van der Waals surface area contributed by atoms with Crippen molar-refractivity contribution in [3.8, 4) is 0 Å². The van der Waals surface area contributed by atoms with E-state index in [-0.39, 0.29) is 55.0 Å². The van der Waals surface area contributed by atoms with Gasteiger partial charge in [-0.3, -0.25) is 0 Å². The average molecular weight is 535 g/mol. The van der Waals surface area contributed by atoms with Crippen molar-refractivity contribution in [2.45, 2.75) is 79.1 Å². The number of hydrogen-bond acceptors (Lipinski definition) is 0. The molecule has 0 aliphatic heterocycles. The molecule has 0 aliphatic carbocycles. The predicted octanol–water partition coefficient (Wildman–Crippen LogP) is 0.175. The summed E-state index contributed by atoms with van der Waals surface area (Å²) < 4.78 is 1.42. The minimum Gasteiger partial charge on any atom is -1.00 e. The SMILES string of the molecule is CCCC[N+](CCCC)(CCCC)CCCC.CI.[H-].[I-].[Na+]. The molecular formula is C17H40I2NNa. The van der Waals surface area contributed by atoms with Gasteiger partial charge in [-0.05, 0) is 30.6 Å². The van der Waals surface area contributed by atoms with Crippen molar-refractivity contribution in [1.82, 2.24) is 0 Å². The minimum absolute atomic E-state index is 0. The van der Waals surface area contributed by atoms with Crippen molar-refractivity contribution in [2.75, 3.05) is 31.1 Å². The van der Waals surface area contributed by atoms with Crippen molar-refractivity contribution in [1.29, 1.82) is 0 Å². The van der Waals surface area contributed by atoms with Gasteiger partial charge >= 0.3 is 29.6 Å². The summed E-state index contributed by atoms with van der Waals surface area (Å²) in [5, 5.41) is 0. The van der Waals surface area contributed by atoms with Gasteiger partial charge in [0.25, 0.3) is 0 Å². The quantitative estimate of drug-likeness (QED) is 0.145. The van der Waals surface area contributed by atoms with Crippen molar-refractivity contribution < 1.29 is 59.4 Å². The molecule has 0 unspecified atom stereocenters. The average Bonchev–Trinajstić information content (AvgIpc) is 2.48. The smallest absolute Gasteiger partial charge is 1.00 e. The molecule has 128 valence electrons. The molecule has 0 bridgehead atoms. The van der Waals surface area contributed by atoms with Crippen LogP contribution in [0.25, 0.3) is 0 Å². The third-order valence-electron chi connectivity index (χ3n) is 3.94. The van der Waals surface area contributed by atoms with E-state index in [9.17, 15) is 0 Å². The second kappa shape index (κ2) is 24.7. The van der Waals surface area contributed by atoms with Crippen molar-refractivity contribution in [2.24, 2.45) is 0 Å². The van der Waals surface area contributed by atoms with Gasteiger partial charge in [-0.2, -0.15) is 0 Å². The summed E-state index contributed by atoms with van der Waals surface area (Å²) >= 11 is 2.15. The van der Waals surface area contributed by atoms with Gasteiger partial charge < -0.3 is 29.9 Å². The first-order chi connectivity index (χ1) is 9.24. The van der Waals surface area contributed by atoms with E-state index < -0.39 is 0 Å². The number of unbranched alkanes of at least 4 members (excludes halogenated alkanes) is 4. The Morgan fingerprint density at radius 1 is 0.619 bits per heavy atom. The normalized spacial score (nSPS) is 10.0. The molecule has 0 fully saturated rings. The van der Waals surface area contributed by atoms with Crippen LogP contribution < -0.4 is 53.5 Å². The third-order valence-corrected chi connectivity index (χ3v) is 3.94. The maximum atomic E-state index is 2.33. The van der Waals surface area contributed by atoms with Gasteiger partial charge in [0.1, 0.15) is 0 Å². The summed E-state index contributed by atoms with van der Waals surface area (Å²) in [6.45, 7) is 15.0. The summed E-state index contributed by atoms with van der Waals surface area (Å²) in [7, 11) is 0. The van der Waals surface area contributed by atoms with Crippen LogP contribution in [0.3, 0.4) is 0 Å². The van der Waals surface area contributed by atoms with E-state index in [4.69, 9.17) is 0 Å². The summed E-state index contributed by atoms with van der Waals surface area (Å²) in [5.41, 5.74) is 0. The molecule has 21 heavy (non-hydrogen) atoms. The van der Waals surface area contributed by atoms with Gasteiger partial charge in [0, 0.05) is 0 Å². The Bertz CT molecular complexity index is 137. The van der Waals surface area contributed by atoms with Crippen molar-refractivity contribution >= 4 is 22.6 Å². The fourth-order valence-electron chi connectivity index (χ4n) is 2.64. The van der Waals surface area contributed by atoms with Crippen LogP contribution >= 0.6 is 22.6 Å². The molecule has 0 aliphatic rings. The number of hydrogen-bond donors (Lipinski definition) is 0. The number of halogens is 2. The third kappa shape index (κ3) is 18.6. The molecule has 0 saturated heterocycles. The van der Waals surface area contributed by atoms with Gasteiger partial charge in [0.15, 0.2) is 0 Å². The molecule has 0 N–H and O–H groups in total. The Labute approximate surface area is 190 Å². The number of nitrogens with zero attached hydrogens (tertiary/aromatic N) is 1. The van der Waals surface area contributed by atoms with E-state index in [1.165, 1.54) is 82.0 Å². The van der Waals surface area contributed by atoms with Gasteiger partial charge in [-0.1, -0.05) is 76.0 Å². The van der Waals surface area contributed by atoms with Crippen molar-refractivity contribution in [3.05, 3.63) is 0 Å². The monoisotopic (exact) mass is 535 g/mol. The minimum atomic E-state index is 0. The molecule has 0 rings (SSSR count). The summed E-state index contributed by atoms with van der Waals surface area (Å²) in [6.07, 6.45) is 11.1. The Kier molecular flexibility index (Phi) is 36.7. The number of quaternary nitrogens is 1. The molecular weight excluding hydrogens is 495 g/mol. The van der Waals surface area contributed by atoms with Crippen LogP contribution in [0, 0.1) is 0 Å². The summed E-state index contributed by atoms with van der Waals surface area (Å²) in [4.78, 5) is 1.97. The van der Waals surface area contributed by atoms with Gasteiger partial charge in [-0.15, -0.1) is 0 Å². The molecule has 0 radical (unpaired) electrons. The second-order valence-electron chi connectivity index (χ2n) is 5.65. The standard InChI is InChI=1S/C16H36N.CH3I.HI.Na.H/c1-5-9-13-17(14-10-6-2,15-11-7-3)16-12-8-4;1-2;;;/h5-16H2,1-4H3;1H3;1H;;/q+1;;;+1;-1/p-1. The van der Waals surface area contributed by atoms with Gasteiger partial charge in [-0.25, -0.2) is 0 Å². The molecule has 0 aromatic rings. The zero-order valence-corrected chi connectivity index (χ0v) is 22.0. The Hall–Kier alpha value is 2.42. The van der Waals surface area contributed by atoms with Crippen LogP contribution in [0.15, 0.2) is 0 Å². The van der Waals surface area contributed by atoms with Gasteiger partial charge in [0.05, 0.1) is 26.2 Å². The van der Waals surface area contributed by atoms with Crippen LogP contribution in [-0.2, 0) is 0 Å². The summed E-state index contributed by atoms with van der Waals surface area (Å²) in [6, 6.07) is 0. The zero-order chi connectivity index (χ0) is 15.0. The van der Waals surface area contributed by atoms with E-state index in [0.717, 1.165) is 0 Å². The zero-order valence-electron chi connectivity index (χ0n) is 16.7. The maximum Gasteiger partial charge on any atom is 1.00 e. The Balaban J connectivity index is -0.000000184. The van der Waals surface area contributed by atoms with E-state index in [2.05, 4.69) is 50.3 Å². The van der Waals surface area contributed by atoms with E-state index >= 15 is 0 Å². The van der Waals surface area contributed by atoms with Crippen molar-refractivity contribution in [3.63, 3.8) is 0 Å². The number of rotatable bonds is 12. The molecule has 0 aromatic heterocycles. The van der Waals surface area contributed by atoms with Crippen LogP contribution in [0.4, 0.5) is 0 Å². The Morgan fingerprint density at radius 2 is 0.810 bits per heavy atom. The fourth-order valence-corrected chi connectivity index (χ4v) is 2.64. The van der Waals surface area contributed by atoms with Crippen LogP contribution in [0.5, 0.6) is 0 Å². The maximum absolute atomic E-state index is 2.33. The topological polar surface area (TPSA) is 0 Å². The van der Waals surface area contributed by atoms with E-state index in [1.54, 1.807) is 0 Å². The fraction of sp³-hybridized carbons (Fsp3) is 1.00. The molecule has 0 heterocycles. The number of alkyl halides is 1. The van der Waals surface area contributed by atoms with Crippen LogP contribution in [-0.4, -0.2) is 35.6 Å². The first-order valence-corrected chi connectivity index (χ1v) is 10.6. The molecule has 0 saturated carbocycles. The largest absolute Gasteiger partial charge is 1.00 e. The molecule has 0 aromatic carbocycles. The predicted molar refractivity (Wildman–Crippen MR) is 100 cm³/mol. The van der Waals surface area contributed by atoms with Gasteiger partial charge in [0.2, 0.25) is 0 Å². The molecule has 0 spiro atoms.